The number of anilines is 1. The third-order valence-corrected chi connectivity index (χ3v) is 4.86. The number of hydrogen-bond donors (Lipinski definition) is 1. The Morgan fingerprint density at radius 1 is 1.04 bits per heavy atom. The second-order valence-electron chi connectivity index (χ2n) is 5.57. The number of methoxy groups -OCH3 is 1. The van der Waals surface area contributed by atoms with Gasteiger partial charge in [-0.2, -0.15) is 8.78 Å². The lowest BCUT2D eigenvalue weighted by atomic mass is 10.1. The fourth-order valence-electron chi connectivity index (χ4n) is 2.45. The number of esters is 1. The van der Waals surface area contributed by atoms with E-state index in [0.29, 0.717) is 5.00 Å². The van der Waals surface area contributed by atoms with E-state index in [1.165, 1.54) is 42.7 Å². The Bertz CT molecular complexity index is 972. The SMILES string of the molecule is COC(=O)c1cc(-c2ccccc2)sc1NC(=O)c1ccc(OC(F)F)cc1. The normalized spacial score (nSPS) is 10.6. The van der Waals surface area contributed by atoms with Crippen LogP contribution >= 0.6 is 11.3 Å². The van der Waals surface area contributed by atoms with Crippen molar-refractivity contribution in [1.82, 2.24) is 0 Å². The Labute approximate surface area is 163 Å². The molecule has 1 aromatic heterocycles. The Balaban J connectivity index is 1.85. The van der Waals surface area contributed by atoms with Gasteiger partial charge in [0, 0.05) is 10.4 Å². The summed E-state index contributed by atoms with van der Waals surface area (Å²) in [6.07, 6.45) is 0. The number of ether oxygens (including phenoxy) is 2. The summed E-state index contributed by atoms with van der Waals surface area (Å²) in [6, 6.07) is 16.3. The number of rotatable bonds is 6. The number of nitrogens with one attached hydrogen (secondary N) is 1. The molecule has 2 aromatic carbocycles. The van der Waals surface area contributed by atoms with Gasteiger partial charge >= 0.3 is 12.6 Å². The molecular formula is C20H15F2NO4S. The van der Waals surface area contributed by atoms with Gasteiger partial charge in [-0.15, -0.1) is 11.3 Å². The lowest BCUT2D eigenvalue weighted by molar-refractivity contribution is -0.0498. The van der Waals surface area contributed by atoms with E-state index in [1.807, 2.05) is 30.3 Å². The number of thiophene rings is 1. The van der Waals surface area contributed by atoms with Gasteiger partial charge in [0.15, 0.2) is 0 Å². The molecule has 0 saturated heterocycles. The van der Waals surface area contributed by atoms with Crippen molar-refractivity contribution in [1.29, 1.82) is 0 Å². The number of halogens is 2. The van der Waals surface area contributed by atoms with Crippen molar-refractivity contribution in [3.63, 3.8) is 0 Å². The lowest BCUT2D eigenvalue weighted by Gasteiger charge is -2.07. The van der Waals surface area contributed by atoms with E-state index < -0.39 is 18.5 Å². The summed E-state index contributed by atoms with van der Waals surface area (Å²) in [4.78, 5) is 25.4. The van der Waals surface area contributed by atoms with Gasteiger partial charge in [-0.05, 0) is 35.9 Å². The second-order valence-corrected chi connectivity index (χ2v) is 6.62. The molecule has 28 heavy (non-hydrogen) atoms. The van der Waals surface area contributed by atoms with Gasteiger partial charge in [0.05, 0.1) is 12.7 Å². The van der Waals surface area contributed by atoms with E-state index in [-0.39, 0.29) is 16.9 Å². The van der Waals surface area contributed by atoms with Gasteiger partial charge in [-0.1, -0.05) is 30.3 Å². The average Bonchev–Trinajstić information content (AvgIpc) is 3.12. The predicted molar refractivity (Wildman–Crippen MR) is 102 cm³/mol. The highest BCUT2D eigenvalue weighted by Crippen LogP contribution is 2.36. The molecular weight excluding hydrogens is 388 g/mol. The molecule has 0 radical (unpaired) electrons. The molecule has 0 fully saturated rings. The highest BCUT2D eigenvalue weighted by Gasteiger charge is 2.20. The van der Waals surface area contributed by atoms with E-state index in [4.69, 9.17) is 4.74 Å². The number of alkyl halides is 2. The zero-order valence-corrected chi connectivity index (χ0v) is 15.5. The summed E-state index contributed by atoms with van der Waals surface area (Å²) < 4.78 is 33.5. The predicted octanol–water partition coefficient (Wildman–Crippen LogP) is 5.06. The molecule has 8 heteroatoms. The molecule has 0 aliphatic heterocycles. The fraction of sp³-hybridized carbons (Fsp3) is 0.100. The van der Waals surface area contributed by atoms with Crippen LogP contribution in [0.5, 0.6) is 5.75 Å². The van der Waals surface area contributed by atoms with E-state index >= 15 is 0 Å². The van der Waals surface area contributed by atoms with Crippen LogP contribution in [-0.4, -0.2) is 25.6 Å². The molecule has 1 amide bonds. The summed E-state index contributed by atoms with van der Waals surface area (Å²) in [5.74, 6) is -1.12. The molecule has 0 atom stereocenters. The monoisotopic (exact) mass is 403 g/mol. The van der Waals surface area contributed by atoms with Gasteiger partial charge in [-0.25, -0.2) is 4.79 Å². The van der Waals surface area contributed by atoms with Crippen LogP contribution in [0.1, 0.15) is 20.7 Å². The molecule has 3 aromatic rings. The molecule has 5 nitrogen and oxygen atoms in total. The van der Waals surface area contributed by atoms with Crippen molar-refractivity contribution in [2.45, 2.75) is 6.61 Å². The van der Waals surface area contributed by atoms with Crippen molar-refractivity contribution in [3.05, 3.63) is 71.8 Å². The molecule has 0 unspecified atom stereocenters. The van der Waals surface area contributed by atoms with Crippen molar-refractivity contribution in [2.75, 3.05) is 12.4 Å². The first-order valence-electron chi connectivity index (χ1n) is 8.11. The van der Waals surface area contributed by atoms with Gasteiger partial charge < -0.3 is 14.8 Å². The highest BCUT2D eigenvalue weighted by molar-refractivity contribution is 7.20. The Morgan fingerprint density at radius 3 is 2.32 bits per heavy atom. The minimum atomic E-state index is -2.94. The topological polar surface area (TPSA) is 64.6 Å². The van der Waals surface area contributed by atoms with Gasteiger partial charge in [0.2, 0.25) is 0 Å². The molecule has 1 N–H and O–H groups in total. The Hall–Kier alpha value is -3.26. The highest BCUT2D eigenvalue weighted by atomic mass is 32.1. The zero-order valence-electron chi connectivity index (χ0n) is 14.6. The van der Waals surface area contributed by atoms with Crippen LogP contribution in [0.15, 0.2) is 60.7 Å². The van der Waals surface area contributed by atoms with Gasteiger partial charge in [0.25, 0.3) is 5.91 Å². The summed E-state index contributed by atoms with van der Waals surface area (Å²) in [7, 11) is 1.26. The first kappa shape index (κ1) is 19.5. The van der Waals surface area contributed by atoms with Crippen LogP contribution in [0, 0.1) is 0 Å². The third-order valence-electron chi connectivity index (χ3n) is 3.76. The number of amides is 1. The van der Waals surface area contributed by atoms with Crippen LogP contribution in [0.2, 0.25) is 0 Å². The maximum atomic E-state index is 12.5. The van der Waals surface area contributed by atoms with Gasteiger partial charge in [0.1, 0.15) is 10.8 Å². The number of carbonyl (C=O) groups excluding carboxylic acids is 2. The quantitative estimate of drug-likeness (QED) is 0.585. The molecule has 0 aliphatic rings. The third kappa shape index (κ3) is 4.52. The maximum Gasteiger partial charge on any atom is 0.387 e. The van der Waals surface area contributed by atoms with Crippen LogP contribution < -0.4 is 10.1 Å². The number of benzene rings is 2. The van der Waals surface area contributed by atoms with E-state index in [1.54, 1.807) is 6.07 Å². The molecule has 0 bridgehead atoms. The first-order chi connectivity index (χ1) is 13.5. The summed E-state index contributed by atoms with van der Waals surface area (Å²) in [5, 5.41) is 3.02. The fourth-order valence-corrected chi connectivity index (χ4v) is 3.50. The Morgan fingerprint density at radius 2 is 1.71 bits per heavy atom. The molecule has 0 aliphatic carbocycles. The number of carbonyl (C=O) groups is 2. The largest absolute Gasteiger partial charge is 0.465 e. The van der Waals surface area contributed by atoms with Crippen molar-refractivity contribution in [2.24, 2.45) is 0 Å². The maximum absolute atomic E-state index is 12.5. The molecule has 144 valence electrons. The summed E-state index contributed by atoms with van der Waals surface area (Å²) in [6.45, 7) is -2.94. The van der Waals surface area contributed by atoms with Crippen molar-refractivity contribution >= 4 is 28.2 Å². The Kier molecular flexibility index (Phi) is 6.00. The minimum Gasteiger partial charge on any atom is -0.465 e. The minimum absolute atomic E-state index is 0.0516. The standard InChI is InChI=1S/C20H15F2NO4S/c1-26-19(25)15-11-16(12-5-3-2-4-6-12)28-18(15)23-17(24)13-7-9-14(10-8-13)27-20(21)22/h2-11,20H,1H3,(H,23,24). The average molecular weight is 403 g/mol. The summed E-state index contributed by atoms with van der Waals surface area (Å²) >= 11 is 1.23. The molecule has 3 rings (SSSR count). The second kappa shape index (κ2) is 8.62. The van der Waals surface area contributed by atoms with Crippen LogP contribution in [-0.2, 0) is 4.74 Å². The molecule has 0 spiro atoms. The van der Waals surface area contributed by atoms with Crippen LogP contribution in [0.3, 0.4) is 0 Å². The van der Waals surface area contributed by atoms with Gasteiger partial charge in [-0.3, -0.25) is 4.79 Å². The molecule has 0 saturated carbocycles. The zero-order chi connectivity index (χ0) is 20.1. The lowest BCUT2D eigenvalue weighted by Crippen LogP contribution is -2.13. The van der Waals surface area contributed by atoms with Crippen molar-refractivity contribution < 1.29 is 27.8 Å². The smallest absolute Gasteiger partial charge is 0.387 e. The summed E-state index contributed by atoms with van der Waals surface area (Å²) in [5.41, 5.74) is 1.36. The van der Waals surface area contributed by atoms with E-state index in [2.05, 4.69) is 10.1 Å². The van der Waals surface area contributed by atoms with E-state index in [9.17, 15) is 18.4 Å². The van der Waals surface area contributed by atoms with Crippen molar-refractivity contribution in [3.8, 4) is 16.2 Å². The van der Waals surface area contributed by atoms with Crippen LogP contribution in [0.25, 0.3) is 10.4 Å². The molecule has 1 heterocycles. The number of hydrogen-bond acceptors (Lipinski definition) is 5. The van der Waals surface area contributed by atoms with Crippen LogP contribution in [0.4, 0.5) is 13.8 Å². The van der Waals surface area contributed by atoms with E-state index in [0.717, 1.165) is 10.4 Å². The first-order valence-corrected chi connectivity index (χ1v) is 8.93.